The van der Waals surface area contributed by atoms with Crippen LogP contribution in [0.3, 0.4) is 0 Å². The molecular formula is C32H34N2O5. The number of carbonyl (C=O) groups excluding carboxylic acids is 1. The fourth-order valence-electron chi connectivity index (χ4n) is 4.57. The zero-order chi connectivity index (χ0) is 27.6. The Morgan fingerprint density at radius 2 is 1.69 bits per heavy atom. The molecule has 1 aliphatic rings. The van der Waals surface area contributed by atoms with E-state index in [0.717, 1.165) is 29.7 Å². The smallest absolute Gasteiger partial charge is 0.347 e. The van der Waals surface area contributed by atoms with Crippen LogP contribution in [0.4, 0.5) is 0 Å². The Labute approximate surface area is 229 Å². The van der Waals surface area contributed by atoms with Gasteiger partial charge in [0, 0.05) is 11.6 Å². The van der Waals surface area contributed by atoms with Crippen LogP contribution in [-0.4, -0.2) is 19.2 Å². The normalized spacial score (nSPS) is 14.1. The number of fused-ring (bicyclic) bond motifs is 1. The van der Waals surface area contributed by atoms with E-state index in [1.807, 2.05) is 31.2 Å². The number of hydrogen-bond acceptors (Lipinski definition) is 7. The van der Waals surface area contributed by atoms with Crippen molar-refractivity contribution in [3.05, 3.63) is 94.9 Å². The highest BCUT2D eigenvalue weighted by Crippen LogP contribution is 2.43. The molecule has 39 heavy (non-hydrogen) atoms. The molecule has 0 saturated heterocycles. The minimum atomic E-state index is -0.548. The molecule has 0 spiro atoms. The Hall–Kier alpha value is -4.44. The first kappa shape index (κ1) is 27.6. The van der Waals surface area contributed by atoms with Crippen LogP contribution in [0.2, 0.25) is 0 Å². The molecule has 0 aliphatic carbocycles. The fourth-order valence-corrected chi connectivity index (χ4v) is 4.57. The van der Waals surface area contributed by atoms with Gasteiger partial charge in [-0.15, -0.1) is 0 Å². The molecule has 1 unspecified atom stereocenters. The molecule has 7 nitrogen and oxygen atoms in total. The molecule has 0 radical (unpaired) electrons. The summed E-state index contributed by atoms with van der Waals surface area (Å²) in [6.07, 6.45) is 5.89. The van der Waals surface area contributed by atoms with Gasteiger partial charge in [0.25, 0.3) is 0 Å². The van der Waals surface area contributed by atoms with Gasteiger partial charge in [0.1, 0.15) is 40.2 Å². The van der Waals surface area contributed by atoms with Gasteiger partial charge >= 0.3 is 5.97 Å². The SMILES string of the molecule is CCCCCCCOc1ccc(C2C(C#N)=C(N)Oc3cc(OC(=O)c4ccccc4OCC)ccc32)cc1. The minimum Gasteiger partial charge on any atom is -0.494 e. The molecule has 0 fully saturated rings. The summed E-state index contributed by atoms with van der Waals surface area (Å²) in [4.78, 5) is 12.9. The number of carbonyl (C=O) groups is 1. The van der Waals surface area contributed by atoms with Crippen LogP contribution < -0.4 is 24.7 Å². The third kappa shape index (κ3) is 6.71. The van der Waals surface area contributed by atoms with Gasteiger partial charge in [0.05, 0.1) is 19.1 Å². The minimum absolute atomic E-state index is 0.0209. The predicted octanol–water partition coefficient (Wildman–Crippen LogP) is 6.87. The molecule has 4 rings (SSSR count). The summed E-state index contributed by atoms with van der Waals surface area (Å²) in [5.74, 6) is 0.999. The van der Waals surface area contributed by atoms with Gasteiger partial charge in [-0.2, -0.15) is 5.26 Å². The topological polar surface area (TPSA) is 104 Å². The van der Waals surface area contributed by atoms with Crippen molar-refractivity contribution in [1.82, 2.24) is 0 Å². The predicted molar refractivity (Wildman–Crippen MR) is 149 cm³/mol. The van der Waals surface area contributed by atoms with Gasteiger partial charge < -0.3 is 24.7 Å². The third-order valence-corrected chi connectivity index (χ3v) is 6.54. The Bertz CT molecular complexity index is 1360. The van der Waals surface area contributed by atoms with E-state index in [1.165, 1.54) is 19.3 Å². The number of unbranched alkanes of at least 4 members (excludes halogenated alkanes) is 4. The quantitative estimate of drug-likeness (QED) is 0.156. The summed E-state index contributed by atoms with van der Waals surface area (Å²) >= 11 is 0. The highest BCUT2D eigenvalue weighted by molar-refractivity contribution is 5.94. The summed E-state index contributed by atoms with van der Waals surface area (Å²) < 4.78 is 22.9. The van der Waals surface area contributed by atoms with Crippen molar-refractivity contribution in [2.45, 2.75) is 51.9 Å². The van der Waals surface area contributed by atoms with Crippen molar-refractivity contribution in [2.24, 2.45) is 5.73 Å². The van der Waals surface area contributed by atoms with Gasteiger partial charge in [-0.25, -0.2) is 4.79 Å². The molecule has 1 aliphatic heterocycles. The number of nitriles is 1. The van der Waals surface area contributed by atoms with Gasteiger partial charge in [-0.1, -0.05) is 62.9 Å². The lowest BCUT2D eigenvalue weighted by Gasteiger charge is -2.27. The van der Waals surface area contributed by atoms with E-state index in [-0.39, 0.29) is 5.88 Å². The zero-order valence-corrected chi connectivity index (χ0v) is 22.4. The zero-order valence-electron chi connectivity index (χ0n) is 22.4. The van der Waals surface area contributed by atoms with E-state index in [2.05, 4.69) is 13.0 Å². The second-order valence-corrected chi connectivity index (χ2v) is 9.27. The van der Waals surface area contributed by atoms with Crippen molar-refractivity contribution >= 4 is 5.97 Å². The number of benzene rings is 3. The summed E-state index contributed by atoms with van der Waals surface area (Å²) in [7, 11) is 0. The first-order chi connectivity index (χ1) is 19.0. The molecule has 0 aromatic heterocycles. The monoisotopic (exact) mass is 526 g/mol. The lowest BCUT2D eigenvalue weighted by Crippen LogP contribution is -2.21. The molecule has 1 heterocycles. The van der Waals surface area contributed by atoms with Crippen molar-refractivity contribution in [3.8, 4) is 29.1 Å². The number of ether oxygens (including phenoxy) is 4. The molecule has 0 amide bonds. The Morgan fingerprint density at radius 3 is 2.44 bits per heavy atom. The first-order valence-corrected chi connectivity index (χ1v) is 13.4. The average molecular weight is 527 g/mol. The Morgan fingerprint density at radius 1 is 0.949 bits per heavy atom. The standard InChI is InChI=1S/C32H34N2O5/c1-3-5-6-7-10-19-37-23-15-13-22(14-16-23)30-25-18-17-24(20-29(25)39-31(34)27(30)21-33)38-32(35)26-11-8-9-12-28(26)36-4-2/h8-9,11-18,20,30H,3-7,10,19,34H2,1-2H3. The summed E-state index contributed by atoms with van der Waals surface area (Å²) in [6.45, 7) is 5.16. The number of rotatable bonds is 12. The van der Waals surface area contributed by atoms with Gasteiger partial charge in [0.2, 0.25) is 5.88 Å². The largest absolute Gasteiger partial charge is 0.494 e. The number of hydrogen-bond donors (Lipinski definition) is 1. The first-order valence-electron chi connectivity index (χ1n) is 13.4. The molecule has 3 aromatic rings. The number of nitrogens with two attached hydrogens (primary N) is 1. The molecule has 0 bridgehead atoms. The maximum absolute atomic E-state index is 12.9. The van der Waals surface area contributed by atoms with Crippen molar-refractivity contribution < 1.29 is 23.7 Å². The fraction of sp³-hybridized carbons (Fsp3) is 0.312. The second kappa shape index (κ2) is 13.4. The van der Waals surface area contributed by atoms with E-state index in [0.29, 0.717) is 41.6 Å². The number of nitrogens with zero attached hydrogens (tertiary/aromatic N) is 1. The number of esters is 1. The van der Waals surface area contributed by atoms with E-state index < -0.39 is 11.9 Å². The highest BCUT2D eigenvalue weighted by Gasteiger charge is 2.31. The van der Waals surface area contributed by atoms with Crippen molar-refractivity contribution in [1.29, 1.82) is 5.26 Å². The van der Waals surface area contributed by atoms with E-state index in [4.69, 9.17) is 24.7 Å². The van der Waals surface area contributed by atoms with Gasteiger partial charge in [-0.05, 0) is 49.2 Å². The number of allylic oxidation sites excluding steroid dienone is 1. The number of para-hydroxylation sites is 1. The van der Waals surface area contributed by atoms with Crippen LogP contribution in [0.25, 0.3) is 0 Å². The molecule has 7 heteroatoms. The van der Waals surface area contributed by atoms with Crippen LogP contribution in [0.1, 0.15) is 73.4 Å². The van der Waals surface area contributed by atoms with E-state index in [1.54, 1.807) is 42.5 Å². The molecule has 0 saturated carbocycles. The maximum atomic E-state index is 12.9. The van der Waals surface area contributed by atoms with Crippen LogP contribution in [0.5, 0.6) is 23.0 Å². The average Bonchev–Trinajstić information content (AvgIpc) is 2.95. The van der Waals surface area contributed by atoms with Crippen LogP contribution >= 0.6 is 0 Å². The van der Waals surface area contributed by atoms with Crippen LogP contribution in [0, 0.1) is 11.3 Å². The summed E-state index contributed by atoms with van der Waals surface area (Å²) in [5.41, 5.74) is 8.43. The lowest BCUT2D eigenvalue weighted by molar-refractivity contribution is 0.0730. The Balaban J connectivity index is 1.51. The van der Waals surface area contributed by atoms with E-state index in [9.17, 15) is 10.1 Å². The lowest BCUT2D eigenvalue weighted by atomic mass is 9.83. The molecule has 1 atom stereocenters. The molecular weight excluding hydrogens is 492 g/mol. The van der Waals surface area contributed by atoms with Gasteiger partial charge in [-0.3, -0.25) is 0 Å². The summed E-state index contributed by atoms with van der Waals surface area (Å²) in [6, 6.07) is 21.9. The molecule has 3 aromatic carbocycles. The van der Waals surface area contributed by atoms with Crippen LogP contribution in [0.15, 0.2) is 78.2 Å². The Kier molecular flexibility index (Phi) is 9.47. The highest BCUT2D eigenvalue weighted by atomic mass is 16.5. The van der Waals surface area contributed by atoms with Crippen LogP contribution in [-0.2, 0) is 0 Å². The van der Waals surface area contributed by atoms with E-state index >= 15 is 0 Å². The maximum Gasteiger partial charge on any atom is 0.347 e. The van der Waals surface area contributed by atoms with Gasteiger partial charge in [0.15, 0.2) is 0 Å². The second-order valence-electron chi connectivity index (χ2n) is 9.27. The molecule has 202 valence electrons. The third-order valence-electron chi connectivity index (χ3n) is 6.54. The molecule has 2 N–H and O–H groups in total. The van der Waals surface area contributed by atoms with Crippen molar-refractivity contribution in [3.63, 3.8) is 0 Å². The van der Waals surface area contributed by atoms with Crippen molar-refractivity contribution in [2.75, 3.05) is 13.2 Å². The summed E-state index contributed by atoms with van der Waals surface area (Å²) in [5, 5.41) is 9.87.